The summed E-state index contributed by atoms with van der Waals surface area (Å²) in [6, 6.07) is 4.81. The minimum absolute atomic E-state index is 0.0299. The molecule has 2 aliphatic rings. The maximum Gasteiger partial charge on any atom is 0.337 e. The lowest BCUT2D eigenvalue weighted by molar-refractivity contribution is -0.136. The summed E-state index contributed by atoms with van der Waals surface area (Å²) < 4.78 is 16.1. The molecule has 1 aromatic carbocycles. The first kappa shape index (κ1) is 21.9. The molecule has 8 nitrogen and oxygen atoms in total. The fourth-order valence-electron chi connectivity index (χ4n) is 3.68. The Morgan fingerprint density at radius 1 is 1.17 bits per heavy atom. The van der Waals surface area contributed by atoms with Gasteiger partial charge in [0.15, 0.2) is 23.2 Å². The van der Waals surface area contributed by atoms with Gasteiger partial charge in [0.1, 0.15) is 0 Å². The van der Waals surface area contributed by atoms with Gasteiger partial charge in [-0.25, -0.2) is 4.79 Å². The van der Waals surface area contributed by atoms with Crippen LogP contribution in [-0.4, -0.2) is 55.8 Å². The molecule has 0 unspecified atom stereocenters. The number of piperidine rings is 1. The molecule has 1 amide bonds. The number of ether oxygens (including phenoxy) is 3. The van der Waals surface area contributed by atoms with Crippen LogP contribution >= 0.6 is 12.2 Å². The van der Waals surface area contributed by atoms with E-state index in [2.05, 4.69) is 10.6 Å². The van der Waals surface area contributed by atoms with E-state index in [4.69, 9.17) is 26.4 Å². The van der Waals surface area contributed by atoms with E-state index in [-0.39, 0.29) is 12.5 Å². The van der Waals surface area contributed by atoms with Gasteiger partial charge < -0.3 is 29.7 Å². The van der Waals surface area contributed by atoms with Gasteiger partial charge in [-0.2, -0.15) is 0 Å². The van der Waals surface area contributed by atoms with E-state index in [0.717, 1.165) is 37.9 Å². The lowest BCUT2D eigenvalue weighted by atomic mass is 9.95. The second-order valence-corrected chi connectivity index (χ2v) is 7.61. The molecule has 9 heteroatoms. The number of hydrogen-bond acceptors (Lipinski definition) is 6. The molecule has 162 valence electrons. The van der Waals surface area contributed by atoms with Gasteiger partial charge in [-0.1, -0.05) is 6.07 Å². The van der Waals surface area contributed by atoms with E-state index in [1.54, 1.807) is 19.1 Å². The van der Waals surface area contributed by atoms with Gasteiger partial charge in [0.05, 0.1) is 25.8 Å². The first-order valence-corrected chi connectivity index (χ1v) is 10.3. The van der Waals surface area contributed by atoms with Gasteiger partial charge in [-0.15, -0.1) is 0 Å². The maximum atomic E-state index is 12.4. The molecule has 0 saturated carbocycles. The monoisotopic (exact) mass is 433 g/mol. The number of allylic oxidation sites excluding steroid dienone is 1. The van der Waals surface area contributed by atoms with Crippen molar-refractivity contribution in [3.05, 3.63) is 35.0 Å². The molecule has 2 N–H and O–H groups in total. The summed E-state index contributed by atoms with van der Waals surface area (Å²) in [4.78, 5) is 26.5. The van der Waals surface area contributed by atoms with Crippen molar-refractivity contribution >= 4 is 29.2 Å². The highest BCUT2D eigenvalue weighted by Crippen LogP contribution is 2.34. The van der Waals surface area contributed by atoms with Gasteiger partial charge >= 0.3 is 5.97 Å². The summed E-state index contributed by atoms with van der Waals surface area (Å²) in [6.45, 7) is 3.29. The summed E-state index contributed by atoms with van der Waals surface area (Å²) in [7, 11) is 2.87. The second-order valence-electron chi connectivity index (χ2n) is 7.20. The Labute approximate surface area is 181 Å². The van der Waals surface area contributed by atoms with Crippen LogP contribution in [0, 0.1) is 0 Å². The maximum absolute atomic E-state index is 12.4. The molecular weight excluding hydrogens is 406 g/mol. The first-order chi connectivity index (χ1) is 14.4. The quantitative estimate of drug-likeness (QED) is 0.521. The van der Waals surface area contributed by atoms with Gasteiger partial charge in [0, 0.05) is 18.8 Å². The van der Waals surface area contributed by atoms with Crippen LogP contribution in [0.15, 0.2) is 29.5 Å². The lowest BCUT2D eigenvalue weighted by Crippen LogP contribution is -2.45. The Bertz CT molecular complexity index is 864. The molecule has 1 fully saturated rings. The van der Waals surface area contributed by atoms with Crippen molar-refractivity contribution in [3.63, 3.8) is 0 Å². The van der Waals surface area contributed by atoms with E-state index in [9.17, 15) is 9.59 Å². The number of thiocarbonyl (C=S) groups is 1. The third-order valence-electron chi connectivity index (χ3n) is 5.26. The van der Waals surface area contributed by atoms with E-state index in [1.807, 2.05) is 11.0 Å². The van der Waals surface area contributed by atoms with Crippen molar-refractivity contribution in [2.24, 2.45) is 0 Å². The van der Waals surface area contributed by atoms with Crippen LogP contribution in [0.5, 0.6) is 11.5 Å². The van der Waals surface area contributed by atoms with Crippen LogP contribution in [0.3, 0.4) is 0 Å². The zero-order chi connectivity index (χ0) is 21.7. The first-order valence-electron chi connectivity index (χ1n) is 9.89. The Morgan fingerprint density at radius 3 is 2.57 bits per heavy atom. The minimum Gasteiger partial charge on any atom is -0.493 e. The van der Waals surface area contributed by atoms with Crippen molar-refractivity contribution < 1.29 is 23.8 Å². The van der Waals surface area contributed by atoms with E-state index >= 15 is 0 Å². The van der Waals surface area contributed by atoms with Gasteiger partial charge in [-0.3, -0.25) is 4.79 Å². The predicted molar refractivity (Wildman–Crippen MR) is 115 cm³/mol. The highest BCUT2D eigenvalue weighted by atomic mass is 32.1. The summed E-state index contributed by atoms with van der Waals surface area (Å²) in [5.41, 5.74) is 1.81. The van der Waals surface area contributed by atoms with E-state index < -0.39 is 12.0 Å². The van der Waals surface area contributed by atoms with Crippen molar-refractivity contribution in [3.8, 4) is 11.5 Å². The van der Waals surface area contributed by atoms with Gasteiger partial charge in [0.25, 0.3) is 5.91 Å². The van der Waals surface area contributed by atoms with Gasteiger partial charge in [0.2, 0.25) is 0 Å². The predicted octanol–water partition coefficient (Wildman–Crippen LogP) is 2.05. The second kappa shape index (κ2) is 9.80. The average Bonchev–Trinajstić information content (AvgIpc) is 2.76. The van der Waals surface area contributed by atoms with Crippen LogP contribution in [0.2, 0.25) is 0 Å². The molecule has 0 bridgehead atoms. The molecule has 1 atom stereocenters. The largest absolute Gasteiger partial charge is 0.493 e. The van der Waals surface area contributed by atoms with Crippen molar-refractivity contribution in [1.82, 2.24) is 15.5 Å². The number of likely N-dealkylation sites (tertiary alicyclic amines) is 1. The summed E-state index contributed by atoms with van der Waals surface area (Å²) in [5.74, 6) is 0.444. The Kier molecular flexibility index (Phi) is 7.15. The molecule has 0 aliphatic carbocycles. The number of carbonyl (C=O) groups is 2. The summed E-state index contributed by atoms with van der Waals surface area (Å²) in [6.07, 6.45) is 3.23. The summed E-state index contributed by atoms with van der Waals surface area (Å²) >= 11 is 5.25. The highest BCUT2D eigenvalue weighted by molar-refractivity contribution is 7.80. The fraction of sp³-hybridized carbons (Fsp3) is 0.476. The lowest BCUT2D eigenvalue weighted by Gasteiger charge is -2.30. The van der Waals surface area contributed by atoms with Crippen LogP contribution in [0.4, 0.5) is 0 Å². The Morgan fingerprint density at radius 2 is 1.90 bits per heavy atom. The zero-order valence-electron chi connectivity index (χ0n) is 17.4. The SMILES string of the molecule is COC(=O)C1=C(C)NC(=S)N[C@H]1c1ccc(OCC(=O)N2CCCCC2)c(OC)c1. The Hall–Kier alpha value is -2.81. The minimum atomic E-state index is -0.496. The van der Waals surface area contributed by atoms with Crippen LogP contribution in [0.25, 0.3) is 0 Å². The number of benzene rings is 1. The van der Waals surface area contributed by atoms with Crippen LogP contribution in [0.1, 0.15) is 37.8 Å². The molecule has 3 rings (SSSR count). The standard InChI is InChI=1S/C21H27N3O5S/c1-13-18(20(26)28-3)19(23-21(30)22-13)14-7-8-15(16(11-14)27-2)29-12-17(25)24-9-5-4-6-10-24/h7-8,11,19H,4-6,9-10,12H2,1-3H3,(H2,22,23,30)/t19-/m0/s1. The molecule has 0 aromatic heterocycles. The van der Waals surface area contributed by atoms with E-state index in [0.29, 0.717) is 27.9 Å². The number of nitrogens with one attached hydrogen (secondary N) is 2. The number of carbonyl (C=O) groups excluding carboxylic acids is 2. The zero-order valence-corrected chi connectivity index (χ0v) is 18.3. The molecule has 2 aliphatic heterocycles. The fourth-order valence-corrected chi connectivity index (χ4v) is 3.95. The number of hydrogen-bond donors (Lipinski definition) is 2. The van der Waals surface area contributed by atoms with Gasteiger partial charge in [-0.05, 0) is 56.1 Å². The number of amides is 1. The van der Waals surface area contributed by atoms with E-state index in [1.165, 1.54) is 14.2 Å². The van der Waals surface area contributed by atoms with Crippen molar-refractivity contribution in [1.29, 1.82) is 0 Å². The molecular formula is C21H27N3O5S. The molecule has 0 radical (unpaired) electrons. The third kappa shape index (κ3) is 4.84. The normalized spacial score (nSPS) is 19.0. The Balaban J connectivity index is 1.79. The molecule has 2 heterocycles. The molecule has 1 saturated heterocycles. The number of rotatable bonds is 6. The highest BCUT2D eigenvalue weighted by Gasteiger charge is 2.31. The molecule has 0 spiro atoms. The topological polar surface area (TPSA) is 89.1 Å². The summed E-state index contributed by atoms with van der Waals surface area (Å²) in [5, 5.41) is 6.46. The van der Waals surface area contributed by atoms with Crippen LogP contribution < -0.4 is 20.1 Å². The smallest absolute Gasteiger partial charge is 0.337 e. The van der Waals surface area contributed by atoms with Crippen molar-refractivity contribution in [2.45, 2.75) is 32.2 Å². The van der Waals surface area contributed by atoms with Crippen LogP contribution in [-0.2, 0) is 14.3 Å². The number of nitrogens with zero attached hydrogens (tertiary/aromatic N) is 1. The third-order valence-corrected chi connectivity index (χ3v) is 5.48. The molecule has 1 aromatic rings. The molecule has 30 heavy (non-hydrogen) atoms. The number of methoxy groups -OCH3 is 2. The van der Waals surface area contributed by atoms with Crippen molar-refractivity contribution in [2.75, 3.05) is 33.9 Å². The number of esters is 1. The average molecular weight is 434 g/mol.